The molecule has 7 nitrogen and oxygen atoms in total. The van der Waals surface area contributed by atoms with Crippen molar-refractivity contribution in [2.75, 3.05) is 18.9 Å². The third kappa shape index (κ3) is 3.18. The molecule has 1 aliphatic rings. The Hall–Kier alpha value is -1.60. The molecule has 1 aromatic rings. The predicted octanol–water partition coefficient (Wildman–Crippen LogP) is -0.118. The van der Waals surface area contributed by atoms with E-state index in [1.54, 1.807) is 0 Å². The van der Waals surface area contributed by atoms with Crippen LogP contribution in [0, 0.1) is 0 Å². The van der Waals surface area contributed by atoms with Gasteiger partial charge in [0.15, 0.2) is 5.79 Å². The minimum atomic E-state index is -0.589. The van der Waals surface area contributed by atoms with Crippen LogP contribution in [0.3, 0.4) is 0 Å². The van der Waals surface area contributed by atoms with Crippen molar-refractivity contribution < 1.29 is 14.2 Å². The highest BCUT2D eigenvalue weighted by atomic mass is 16.7. The van der Waals surface area contributed by atoms with E-state index >= 15 is 0 Å². The van der Waals surface area contributed by atoms with Crippen LogP contribution in [0.1, 0.15) is 13.8 Å². The maximum absolute atomic E-state index is 11.1. The second kappa shape index (κ2) is 4.34. The van der Waals surface area contributed by atoms with Gasteiger partial charge in [0.25, 0.3) is 5.56 Å². The van der Waals surface area contributed by atoms with Gasteiger partial charge in [-0.3, -0.25) is 9.78 Å². The summed E-state index contributed by atoms with van der Waals surface area (Å²) in [4.78, 5) is 17.3. The smallest absolute Gasteiger partial charge is 0.256 e. The summed E-state index contributed by atoms with van der Waals surface area (Å²) in [5.74, 6) is -0.384. The van der Waals surface area contributed by atoms with E-state index in [2.05, 4.69) is 9.97 Å². The van der Waals surface area contributed by atoms with Crippen LogP contribution in [0.15, 0.2) is 10.9 Å². The number of aromatic nitrogens is 2. The van der Waals surface area contributed by atoms with Crippen LogP contribution < -0.4 is 16.0 Å². The molecule has 1 aliphatic heterocycles. The molecule has 0 bridgehead atoms. The SMILES string of the molecule is CC1(C)OCC(COc2cc(=O)[nH]c(N)n2)O1. The molecule has 2 rings (SSSR count). The number of hydrogen-bond donors (Lipinski definition) is 2. The molecule has 2 heterocycles. The Morgan fingerprint density at radius 2 is 2.47 bits per heavy atom. The lowest BCUT2D eigenvalue weighted by molar-refractivity contribution is -0.141. The summed E-state index contributed by atoms with van der Waals surface area (Å²) in [6.45, 7) is 4.37. The second-order valence-electron chi connectivity index (χ2n) is 4.23. The summed E-state index contributed by atoms with van der Waals surface area (Å²) in [6.07, 6.45) is -0.174. The number of hydrogen-bond acceptors (Lipinski definition) is 6. The van der Waals surface area contributed by atoms with Crippen LogP contribution in [0.2, 0.25) is 0 Å². The molecule has 1 fully saturated rings. The molecule has 1 saturated heterocycles. The zero-order chi connectivity index (χ0) is 12.5. The second-order valence-corrected chi connectivity index (χ2v) is 4.23. The quantitative estimate of drug-likeness (QED) is 0.765. The number of H-pyrrole nitrogens is 1. The molecule has 94 valence electrons. The number of nitrogens with zero attached hydrogens (tertiary/aromatic N) is 1. The van der Waals surface area contributed by atoms with Gasteiger partial charge in [-0.25, -0.2) is 0 Å². The Morgan fingerprint density at radius 3 is 3.06 bits per heavy atom. The van der Waals surface area contributed by atoms with Gasteiger partial charge in [-0.2, -0.15) is 4.98 Å². The average molecular weight is 241 g/mol. The van der Waals surface area contributed by atoms with E-state index in [4.69, 9.17) is 19.9 Å². The highest BCUT2D eigenvalue weighted by Crippen LogP contribution is 2.22. The van der Waals surface area contributed by atoms with Crippen molar-refractivity contribution in [2.45, 2.75) is 25.7 Å². The predicted molar refractivity (Wildman–Crippen MR) is 59.7 cm³/mol. The molecule has 1 aromatic heterocycles. The molecule has 0 aliphatic carbocycles. The van der Waals surface area contributed by atoms with Crippen molar-refractivity contribution >= 4 is 5.95 Å². The van der Waals surface area contributed by atoms with E-state index in [0.717, 1.165) is 0 Å². The van der Waals surface area contributed by atoms with Gasteiger partial charge in [0.2, 0.25) is 11.8 Å². The molecule has 0 radical (unpaired) electrons. The minimum Gasteiger partial charge on any atom is -0.475 e. The summed E-state index contributed by atoms with van der Waals surface area (Å²) in [6, 6.07) is 1.23. The van der Waals surface area contributed by atoms with E-state index in [1.165, 1.54) is 6.07 Å². The van der Waals surface area contributed by atoms with Crippen molar-refractivity contribution in [2.24, 2.45) is 0 Å². The van der Waals surface area contributed by atoms with E-state index in [1.807, 2.05) is 13.8 Å². The largest absolute Gasteiger partial charge is 0.475 e. The third-order valence-electron chi connectivity index (χ3n) is 2.22. The number of aromatic amines is 1. The highest BCUT2D eigenvalue weighted by Gasteiger charge is 2.33. The van der Waals surface area contributed by atoms with Crippen LogP contribution in [-0.4, -0.2) is 35.1 Å². The summed E-state index contributed by atoms with van der Waals surface area (Å²) < 4.78 is 16.2. The monoisotopic (exact) mass is 241 g/mol. The zero-order valence-electron chi connectivity index (χ0n) is 9.73. The molecule has 1 unspecified atom stereocenters. The molecule has 1 atom stereocenters. The standard InChI is InChI=1S/C10H15N3O4/c1-10(2)16-5-6(17-10)4-15-8-3-7(14)12-9(11)13-8/h3,6H,4-5H2,1-2H3,(H3,11,12,13,14). The Balaban J connectivity index is 1.92. The fourth-order valence-electron chi connectivity index (χ4n) is 1.55. The Bertz CT molecular complexity index is 457. The maximum atomic E-state index is 11.1. The lowest BCUT2D eigenvalue weighted by Crippen LogP contribution is -2.25. The Labute approximate surface area is 97.9 Å². The molecule has 17 heavy (non-hydrogen) atoms. The number of nitrogens with one attached hydrogen (secondary N) is 1. The molecule has 0 aromatic carbocycles. The first-order valence-corrected chi connectivity index (χ1v) is 5.26. The number of nitrogens with two attached hydrogens (primary N) is 1. The Morgan fingerprint density at radius 1 is 1.71 bits per heavy atom. The first-order valence-electron chi connectivity index (χ1n) is 5.26. The number of nitrogen functional groups attached to an aromatic ring is 1. The van der Waals surface area contributed by atoms with Gasteiger partial charge in [0.05, 0.1) is 12.7 Å². The third-order valence-corrected chi connectivity index (χ3v) is 2.22. The molecule has 0 spiro atoms. The number of rotatable bonds is 3. The number of anilines is 1. The van der Waals surface area contributed by atoms with Crippen molar-refractivity contribution in [3.05, 3.63) is 16.4 Å². The molecule has 3 N–H and O–H groups in total. The molecule has 7 heteroatoms. The van der Waals surface area contributed by atoms with Crippen LogP contribution >= 0.6 is 0 Å². The highest BCUT2D eigenvalue weighted by molar-refractivity contribution is 5.20. The van der Waals surface area contributed by atoms with Crippen molar-refractivity contribution in [3.8, 4) is 5.88 Å². The van der Waals surface area contributed by atoms with Crippen molar-refractivity contribution in [3.63, 3.8) is 0 Å². The molecule has 0 saturated carbocycles. The molecular weight excluding hydrogens is 226 g/mol. The summed E-state index contributed by atoms with van der Waals surface area (Å²) in [5, 5.41) is 0. The van der Waals surface area contributed by atoms with E-state index < -0.39 is 5.79 Å². The summed E-state index contributed by atoms with van der Waals surface area (Å²) in [5.41, 5.74) is 5.03. The fourth-order valence-corrected chi connectivity index (χ4v) is 1.55. The lowest BCUT2D eigenvalue weighted by Gasteiger charge is -2.17. The van der Waals surface area contributed by atoms with Gasteiger partial charge in [0.1, 0.15) is 12.7 Å². The van der Waals surface area contributed by atoms with E-state index in [9.17, 15) is 4.79 Å². The summed E-state index contributed by atoms with van der Waals surface area (Å²) >= 11 is 0. The first kappa shape index (κ1) is 11.9. The zero-order valence-corrected chi connectivity index (χ0v) is 9.73. The van der Waals surface area contributed by atoms with E-state index in [0.29, 0.717) is 6.61 Å². The van der Waals surface area contributed by atoms with Gasteiger partial charge in [-0.1, -0.05) is 0 Å². The van der Waals surface area contributed by atoms with E-state index in [-0.39, 0.29) is 30.1 Å². The lowest BCUT2D eigenvalue weighted by atomic mass is 10.4. The van der Waals surface area contributed by atoms with Crippen LogP contribution in [0.25, 0.3) is 0 Å². The topological polar surface area (TPSA) is 99.5 Å². The maximum Gasteiger partial charge on any atom is 0.256 e. The Kier molecular flexibility index (Phi) is 3.03. The summed E-state index contributed by atoms with van der Waals surface area (Å²) in [7, 11) is 0. The van der Waals surface area contributed by atoms with Gasteiger partial charge in [-0.05, 0) is 13.8 Å². The van der Waals surface area contributed by atoms with Gasteiger partial charge >= 0.3 is 0 Å². The molecule has 0 amide bonds. The van der Waals surface area contributed by atoms with Gasteiger partial charge < -0.3 is 19.9 Å². The minimum absolute atomic E-state index is 0.0245. The van der Waals surface area contributed by atoms with Crippen LogP contribution in [0.4, 0.5) is 5.95 Å². The van der Waals surface area contributed by atoms with Gasteiger partial charge in [-0.15, -0.1) is 0 Å². The average Bonchev–Trinajstić information content (AvgIpc) is 2.54. The van der Waals surface area contributed by atoms with Crippen LogP contribution in [0.5, 0.6) is 5.88 Å². The van der Waals surface area contributed by atoms with Crippen molar-refractivity contribution in [1.82, 2.24) is 9.97 Å². The molecular formula is C10H15N3O4. The number of ether oxygens (including phenoxy) is 3. The first-order chi connectivity index (χ1) is 7.94. The van der Waals surface area contributed by atoms with Crippen LogP contribution in [-0.2, 0) is 9.47 Å². The van der Waals surface area contributed by atoms with Crippen molar-refractivity contribution in [1.29, 1.82) is 0 Å². The normalized spacial score (nSPS) is 22.6. The fraction of sp³-hybridized carbons (Fsp3) is 0.600. The van der Waals surface area contributed by atoms with Gasteiger partial charge in [0, 0.05) is 0 Å².